The molecule has 0 amide bonds. The summed E-state index contributed by atoms with van der Waals surface area (Å²) in [5, 5.41) is 0. The van der Waals surface area contributed by atoms with Crippen molar-refractivity contribution >= 4 is 12.4 Å². The van der Waals surface area contributed by atoms with Gasteiger partial charge in [0.25, 0.3) is 0 Å². The van der Waals surface area contributed by atoms with Gasteiger partial charge in [-0.15, -0.1) is 12.4 Å². The second kappa shape index (κ2) is 3.74. The second-order valence-electron chi connectivity index (χ2n) is 2.61. The van der Waals surface area contributed by atoms with Crippen LogP contribution in [0.3, 0.4) is 0 Å². The van der Waals surface area contributed by atoms with Crippen LogP contribution in [0.15, 0.2) is 12.3 Å². The van der Waals surface area contributed by atoms with Crippen LogP contribution in [0.2, 0.25) is 0 Å². The summed E-state index contributed by atoms with van der Waals surface area (Å²) in [7, 11) is 0. The SMILES string of the molecule is Cl.NCc1cnc2c(c1)CCO2. The number of rotatable bonds is 1. The molecule has 12 heavy (non-hydrogen) atoms. The highest BCUT2D eigenvalue weighted by atomic mass is 35.5. The Morgan fingerprint density at radius 1 is 1.58 bits per heavy atom. The van der Waals surface area contributed by atoms with Crippen LogP contribution in [-0.2, 0) is 13.0 Å². The number of aromatic nitrogens is 1. The molecule has 2 heterocycles. The summed E-state index contributed by atoms with van der Waals surface area (Å²) in [5.41, 5.74) is 7.73. The monoisotopic (exact) mass is 186 g/mol. The zero-order valence-corrected chi connectivity index (χ0v) is 7.43. The van der Waals surface area contributed by atoms with E-state index in [1.807, 2.05) is 0 Å². The van der Waals surface area contributed by atoms with E-state index in [4.69, 9.17) is 10.5 Å². The molecule has 4 heteroatoms. The maximum Gasteiger partial charge on any atom is 0.216 e. The number of pyridine rings is 1. The van der Waals surface area contributed by atoms with E-state index in [2.05, 4.69) is 11.1 Å². The molecule has 0 unspecified atom stereocenters. The average Bonchev–Trinajstić information content (AvgIpc) is 2.50. The molecule has 0 aromatic carbocycles. The van der Waals surface area contributed by atoms with Crippen molar-refractivity contribution in [2.75, 3.05) is 6.61 Å². The van der Waals surface area contributed by atoms with E-state index in [0.717, 1.165) is 24.5 Å². The molecule has 2 rings (SSSR count). The van der Waals surface area contributed by atoms with Crippen molar-refractivity contribution in [1.29, 1.82) is 0 Å². The number of ether oxygens (including phenoxy) is 1. The average molecular weight is 187 g/mol. The van der Waals surface area contributed by atoms with Gasteiger partial charge in [-0.05, 0) is 11.6 Å². The fraction of sp³-hybridized carbons (Fsp3) is 0.375. The van der Waals surface area contributed by atoms with Crippen molar-refractivity contribution in [3.05, 3.63) is 23.4 Å². The molecular formula is C8H11ClN2O. The maximum absolute atomic E-state index is 5.46. The third-order valence-corrected chi connectivity index (χ3v) is 1.83. The lowest BCUT2D eigenvalue weighted by Crippen LogP contribution is -1.97. The molecule has 0 bridgehead atoms. The topological polar surface area (TPSA) is 48.1 Å². The zero-order chi connectivity index (χ0) is 7.68. The van der Waals surface area contributed by atoms with Crippen LogP contribution in [0.5, 0.6) is 5.88 Å². The van der Waals surface area contributed by atoms with Crippen LogP contribution in [0.25, 0.3) is 0 Å². The molecule has 0 saturated carbocycles. The van der Waals surface area contributed by atoms with Gasteiger partial charge in [0.2, 0.25) is 5.88 Å². The van der Waals surface area contributed by atoms with Gasteiger partial charge >= 0.3 is 0 Å². The number of nitrogens with zero attached hydrogens (tertiary/aromatic N) is 1. The lowest BCUT2D eigenvalue weighted by Gasteiger charge is -1.98. The summed E-state index contributed by atoms with van der Waals surface area (Å²) in [5.74, 6) is 0.780. The Morgan fingerprint density at radius 2 is 2.42 bits per heavy atom. The molecule has 0 fully saturated rings. The van der Waals surface area contributed by atoms with Crippen molar-refractivity contribution in [3.8, 4) is 5.88 Å². The minimum Gasteiger partial charge on any atom is -0.477 e. The maximum atomic E-state index is 5.46. The van der Waals surface area contributed by atoms with Gasteiger partial charge in [-0.3, -0.25) is 0 Å². The van der Waals surface area contributed by atoms with Crippen molar-refractivity contribution < 1.29 is 4.74 Å². The van der Waals surface area contributed by atoms with Gasteiger partial charge in [-0.25, -0.2) is 4.98 Å². The first kappa shape index (κ1) is 9.29. The predicted molar refractivity (Wildman–Crippen MR) is 48.6 cm³/mol. The fourth-order valence-corrected chi connectivity index (χ4v) is 1.23. The van der Waals surface area contributed by atoms with Gasteiger partial charge in [0.1, 0.15) is 0 Å². The molecule has 1 aliphatic rings. The summed E-state index contributed by atoms with van der Waals surface area (Å²) in [4.78, 5) is 4.13. The third kappa shape index (κ3) is 1.52. The van der Waals surface area contributed by atoms with E-state index in [1.165, 1.54) is 5.56 Å². The van der Waals surface area contributed by atoms with Gasteiger partial charge in [0, 0.05) is 24.7 Å². The van der Waals surface area contributed by atoms with Crippen LogP contribution in [-0.4, -0.2) is 11.6 Å². The number of fused-ring (bicyclic) bond motifs is 1. The summed E-state index contributed by atoms with van der Waals surface area (Å²) in [6.45, 7) is 1.32. The number of halogens is 1. The molecule has 0 radical (unpaired) electrons. The van der Waals surface area contributed by atoms with Gasteiger partial charge in [0.15, 0.2) is 0 Å². The normalized spacial score (nSPS) is 13.1. The fourth-order valence-electron chi connectivity index (χ4n) is 1.23. The smallest absolute Gasteiger partial charge is 0.216 e. The van der Waals surface area contributed by atoms with Crippen LogP contribution in [0.1, 0.15) is 11.1 Å². The quantitative estimate of drug-likeness (QED) is 0.709. The Bertz CT molecular complexity index is 278. The van der Waals surface area contributed by atoms with Crippen molar-refractivity contribution in [1.82, 2.24) is 4.98 Å². The number of hydrogen-bond acceptors (Lipinski definition) is 3. The standard InChI is InChI=1S/C8H10N2O.ClH/c9-4-6-3-7-1-2-11-8(7)10-5-6;/h3,5H,1-2,4,9H2;1H. The van der Waals surface area contributed by atoms with E-state index >= 15 is 0 Å². The molecular weight excluding hydrogens is 176 g/mol. The summed E-state index contributed by atoms with van der Waals surface area (Å²) < 4.78 is 5.25. The van der Waals surface area contributed by atoms with E-state index in [9.17, 15) is 0 Å². The van der Waals surface area contributed by atoms with Crippen LogP contribution >= 0.6 is 12.4 Å². The summed E-state index contributed by atoms with van der Waals surface area (Å²) in [6, 6.07) is 2.06. The lowest BCUT2D eigenvalue weighted by atomic mass is 10.2. The van der Waals surface area contributed by atoms with Crippen molar-refractivity contribution in [3.63, 3.8) is 0 Å². The minimum atomic E-state index is 0. The summed E-state index contributed by atoms with van der Waals surface area (Å²) >= 11 is 0. The Hall–Kier alpha value is -0.800. The van der Waals surface area contributed by atoms with E-state index < -0.39 is 0 Å². The molecule has 0 spiro atoms. The van der Waals surface area contributed by atoms with E-state index in [0.29, 0.717) is 6.54 Å². The molecule has 0 aliphatic carbocycles. The Balaban J connectivity index is 0.000000720. The molecule has 66 valence electrons. The van der Waals surface area contributed by atoms with Gasteiger partial charge in [-0.2, -0.15) is 0 Å². The van der Waals surface area contributed by atoms with Gasteiger partial charge in [0.05, 0.1) is 6.61 Å². The Labute approximate surface area is 77.3 Å². The molecule has 1 aromatic rings. The molecule has 1 aliphatic heterocycles. The van der Waals surface area contributed by atoms with Crippen LogP contribution < -0.4 is 10.5 Å². The Morgan fingerprint density at radius 3 is 3.17 bits per heavy atom. The molecule has 3 nitrogen and oxygen atoms in total. The first-order valence-electron chi connectivity index (χ1n) is 3.71. The largest absolute Gasteiger partial charge is 0.477 e. The highest BCUT2D eigenvalue weighted by Gasteiger charge is 2.12. The second-order valence-corrected chi connectivity index (χ2v) is 2.61. The van der Waals surface area contributed by atoms with Gasteiger partial charge < -0.3 is 10.5 Å². The van der Waals surface area contributed by atoms with Crippen LogP contribution in [0, 0.1) is 0 Å². The minimum absolute atomic E-state index is 0. The molecule has 2 N–H and O–H groups in total. The highest BCUT2D eigenvalue weighted by molar-refractivity contribution is 5.85. The Kier molecular flexibility index (Phi) is 2.89. The lowest BCUT2D eigenvalue weighted by molar-refractivity contribution is 0.344. The molecule has 1 aromatic heterocycles. The van der Waals surface area contributed by atoms with Crippen LogP contribution in [0.4, 0.5) is 0 Å². The van der Waals surface area contributed by atoms with Crippen molar-refractivity contribution in [2.24, 2.45) is 5.73 Å². The first-order chi connectivity index (χ1) is 5.40. The highest BCUT2D eigenvalue weighted by Crippen LogP contribution is 2.22. The first-order valence-corrected chi connectivity index (χ1v) is 3.71. The van der Waals surface area contributed by atoms with Gasteiger partial charge in [-0.1, -0.05) is 0 Å². The van der Waals surface area contributed by atoms with Crippen molar-refractivity contribution in [2.45, 2.75) is 13.0 Å². The number of nitrogens with two attached hydrogens (primary N) is 1. The molecule has 0 atom stereocenters. The van der Waals surface area contributed by atoms with E-state index in [1.54, 1.807) is 6.20 Å². The summed E-state index contributed by atoms with van der Waals surface area (Å²) in [6.07, 6.45) is 2.74. The van der Waals surface area contributed by atoms with E-state index in [-0.39, 0.29) is 12.4 Å². The molecule has 0 saturated heterocycles. The third-order valence-electron chi connectivity index (χ3n) is 1.83. The number of hydrogen-bond donors (Lipinski definition) is 1. The zero-order valence-electron chi connectivity index (χ0n) is 6.62. The predicted octanol–water partition coefficient (Wildman–Crippen LogP) is 0.897.